The van der Waals surface area contributed by atoms with Gasteiger partial charge in [0.15, 0.2) is 0 Å². The molecule has 102 valence electrons. The van der Waals surface area contributed by atoms with Gasteiger partial charge in [0, 0.05) is 11.8 Å². The molecule has 0 amide bonds. The predicted molar refractivity (Wildman–Crippen MR) is 71.3 cm³/mol. The van der Waals surface area contributed by atoms with Crippen molar-refractivity contribution in [2.45, 2.75) is 20.8 Å². The molecule has 0 unspecified atom stereocenters. The van der Waals surface area contributed by atoms with E-state index in [1.807, 2.05) is 13.8 Å². The monoisotopic (exact) mass is 266 g/mol. The van der Waals surface area contributed by atoms with Gasteiger partial charge in [-0.15, -0.1) is 0 Å². The molecule has 8 nitrogen and oxygen atoms in total. The van der Waals surface area contributed by atoms with Crippen molar-refractivity contribution in [2.24, 2.45) is 11.0 Å². The summed E-state index contributed by atoms with van der Waals surface area (Å²) in [4.78, 5) is 20.1. The van der Waals surface area contributed by atoms with Gasteiger partial charge in [-0.1, -0.05) is 13.8 Å². The van der Waals surface area contributed by atoms with Crippen LogP contribution < -0.4 is 5.43 Å². The van der Waals surface area contributed by atoms with Crippen molar-refractivity contribution in [3.8, 4) is 0 Å². The molecule has 0 aliphatic carbocycles. The molecule has 8 heteroatoms. The lowest BCUT2D eigenvalue weighted by Gasteiger charge is -2.06. The fraction of sp³-hybridized carbons (Fsp3) is 0.364. The summed E-state index contributed by atoms with van der Waals surface area (Å²) in [6.07, 6.45) is 0. The second kappa shape index (κ2) is 5.89. The first kappa shape index (κ1) is 14.6. The Morgan fingerprint density at radius 2 is 1.89 bits per heavy atom. The molecule has 0 radical (unpaired) electrons. The molecule has 0 heterocycles. The van der Waals surface area contributed by atoms with E-state index in [1.54, 1.807) is 6.92 Å². The Labute approximate surface area is 109 Å². The molecule has 0 spiro atoms. The summed E-state index contributed by atoms with van der Waals surface area (Å²) in [5.74, 6) is 0.199. The van der Waals surface area contributed by atoms with Crippen LogP contribution in [0.5, 0.6) is 0 Å². The van der Waals surface area contributed by atoms with Crippen LogP contribution in [0.4, 0.5) is 17.1 Å². The van der Waals surface area contributed by atoms with E-state index in [0.29, 0.717) is 0 Å². The van der Waals surface area contributed by atoms with Crippen LogP contribution in [-0.2, 0) is 0 Å². The Morgan fingerprint density at radius 1 is 1.26 bits per heavy atom. The molecule has 1 aromatic rings. The molecule has 0 aliphatic heterocycles. The van der Waals surface area contributed by atoms with Crippen LogP contribution in [0, 0.1) is 26.1 Å². The Kier molecular flexibility index (Phi) is 4.51. The van der Waals surface area contributed by atoms with Gasteiger partial charge >= 0.3 is 5.69 Å². The third-order valence-electron chi connectivity index (χ3n) is 2.58. The van der Waals surface area contributed by atoms with E-state index in [0.717, 1.165) is 11.8 Å². The van der Waals surface area contributed by atoms with Crippen molar-refractivity contribution < 1.29 is 9.85 Å². The number of nitro groups is 2. The molecule has 0 fully saturated rings. The SMILES string of the molecule is C/C(=N/Nc1ccc([N+](=O)[O-])cc1[N+](=O)[O-])C(C)C. The normalized spacial score (nSPS) is 11.5. The fourth-order valence-electron chi connectivity index (χ4n) is 1.16. The van der Waals surface area contributed by atoms with Crippen molar-refractivity contribution in [1.82, 2.24) is 0 Å². The molecule has 0 bridgehead atoms. The minimum Gasteiger partial charge on any atom is -0.272 e. The maximum absolute atomic E-state index is 10.9. The predicted octanol–water partition coefficient (Wildman–Crippen LogP) is 2.95. The molecule has 0 saturated heterocycles. The number of anilines is 1. The molecule has 1 rings (SSSR count). The summed E-state index contributed by atoms with van der Waals surface area (Å²) in [6.45, 7) is 5.66. The van der Waals surface area contributed by atoms with Crippen LogP contribution in [0.15, 0.2) is 23.3 Å². The minimum absolute atomic E-state index is 0.121. The molecule has 0 aromatic heterocycles. The van der Waals surface area contributed by atoms with E-state index >= 15 is 0 Å². The van der Waals surface area contributed by atoms with E-state index in [-0.39, 0.29) is 23.0 Å². The second-order valence-corrected chi connectivity index (χ2v) is 4.24. The van der Waals surface area contributed by atoms with Gasteiger partial charge in [-0.2, -0.15) is 5.10 Å². The van der Waals surface area contributed by atoms with Gasteiger partial charge in [-0.25, -0.2) is 0 Å². The third-order valence-corrected chi connectivity index (χ3v) is 2.58. The summed E-state index contributed by atoms with van der Waals surface area (Å²) in [6, 6.07) is 3.37. The largest absolute Gasteiger partial charge is 0.301 e. The first-order chi connectivity index (χ1) is 8.82. The average Bonchev–Trinajstić information content (AvgIpc) is 2.35. The average molecular weight is 266 g/mol. The van der Waals surface area contributed by atoms with Crippen LogP contribution in [-0.4, -0.2) is 15.6 Å². The van der Waals surface area contributed by atoms with Gasteiger partial charge in [0.1, 0.15) is 5.69 Å². The molecular formula is C11H14N4O4. The highest BCUT2D eigenvalue weighted by molar-refractivity contribution is 5.84. The van der Waals surface area contributed by atoms with Crippen LogP contribution >= 0.6 is 0 Å². The van der Waals surface area contributed by atoms with Crippen LogP contribution in [0.1, 0.15) is 20.8 Å². The maximum Gasteiger partial charge on any atom is 0.301 e. The molecule has 19 heavy (non-hydrogen) atoms. The number of nitrogens with one attached hydrogen (secondary N) is 1. The Morgan fingerprint density at radius 3 is 2.37 bits per heavy atom. The number of hydrogen-bond donors (Lipinski definition) is 1. The smallest absolute Gasteiger partial charge is 0.272 e. The molecule has 0 atom stereocenters. The van der Waals surface area contributed by atoms with Gasteiger partial charge in [0.25, 0.3) is 5.69 Å². The number of nitro benzene ring substituents is 2. The highest BCUT2D eigenvalue weighted by Gasteiger charge is 2.19. The lowest BCUT2D eigenvalue weighted by Crippen LogP contribution is -2.06. The van der Waals surface area contributed by atoms with Gasteiger partial charge in [0.05, 0.1) is 15.9 Å². The Hall–Kier alpha value is -2.51. The fourth-order valence-corrected chi connectivity index (χ4v) is 1.16. The lowest BCUT2D eigenvalue weighted by atomic mass is 10.1. The Bertz CT molecular complexity index is 539. The summed E-state index contributed by atoms with van der Waals surface area (Å²) in [5, 5.41) is 25.5. The lowest BCUT2D eigenvalue weighted by molar-refractivity contribution is -0.393. The van der Waals surface area contributed by atoms with E-state index in [9.17, 15) is 20.2 Å². The number of hydrazone groups is 1. The number of non-ortho nitro benzene ring substituents is 1. The third kappa shape index (κ3) is 3.73. The van der Waals surface area contributed by atoms with E-state index in [1.165, 1.54) is 12.1 Å². The molecule has 0 saturated carbocycles. The first-order valence-corrected chi connectivity index (χ1v) is 5.56. The van der Waals surface area contributed by atoms with Gasteiger partial charge < -0.3 is 0 Å². The Balaban J connectivity index is 3.11. The zero-order valence-corrected chi connectivity index (χ0v) is 10.8. The number of rotatable bonds is 5. The quantitative estimate of drug-likeness (QED) is 0.500. The number of nitrogens with zero attached hydrogens (tertiary/aromatic N) is 3. The second-order valence-electron chi connectivity index (χ2n) is 4.24. The summed E-state index contributed by atoms with van der Waals surface area (Å²) in [7, 11) is 0. The van der Waals surface area contributed by atoms with E-state index < -0.39 is 9.85 Å². The van der Waals surface area contributed by atoms with Crippen LogP contribution in [0.3, 0.4) is 0 Å². The van der Waals surface area contributed by atoms with Gasteiger partial charge in [0.2, 0.25) is 0 Å². The standard InChI is InChI=1S/C11H14N4O4/c1-7(2)8(3)12-13-10-5-4-9(14(16)17)6-11(10)15(18)19/h4-7,13H,1-3H3/b12-8-. The highest BCUT2D eigenvalue weighted by atomic mass is 16.6. The zero-order chi connectivity index (χ0) is 14.6. The van der Waals surface area contributed by atoms with Crippen molar-refractivity contribution in [2.75, 3.05) is 5.43 Å². The van der Waals surface area contributed by atoms with Crippen molar-refractivity contribution in [3.63, 3.8) is 0 Å². The van der Waals surface area contributed by atoms with Crippen molar-refractivity contribution in [1.29, 1.82) is 0 Å². The topological polar surface area (TPSA) is 111 Å². The molecular weight excluding hydrogens is 252 g/mol. The van der Waals surface area contributed by atoms with Crippen LogP contribution in [0.25, 0.3) is 0 Å². The van der Waals surface area contributed by atoms with Crippen molar-refractivity contribution in [3.05, 3.63) is 38.4 Å². The summed E-state index contributed by atoms with van der Waals surface area (Å²) in [5.41, 5.74) is 2.75. The number of benzene rings is 1. The van der Waals surface area contributed by atoms with Gasteiger partial charge in [-0.05, 0) is 18.9 Å². The molecule has 1 aromatic carbocycles. The van der Waals surface area contributed by atoms with Gasteiger partial charge in [-0.3, -0.25) is 25.7 Å². The number of hydrogen-bond acceptors (Lipinski definition) is 6. The van der Waals surface area contributed by atoms with E-state index in [2.05, 4.69) is 10.5 Å². The van der Waals surface area contributed by atoms with Crippen LogP contribution in [0.2, 0.25) is 0 Å². The summed E-state index contributed by atoms with van der Waals surface area (Å²) >= 11 is 0. The highest BCUT2D eigenvalue weighted by Crippen LogP contribution is 2.28. The van der Waals surface area contributed by atoms with Crippen molar-refractivity contribution >= 4 is 22.8 Å². The van der Waals surface area contributed by atoms with E-state index in [4.69, 9.17) is 0 Å². The zero-order valence-electron chi connectivity index (χ0n) is 10.8. The minimum atomic E-state index is -0.685. The molecule has 1 N–H and O–H groups in total. The summed E-state index contributed by atoms with van der Waals surface area (Å²) < 4.78 is 0. The molecule has 0 aliphatic rings. The first-order valence-electron chi connectivity index (χ1n) is 5.56. The maximum atomic E-state index is 10.9.